The summed E-state index contributed by atoms with van der Waals surface area (Å²) in [7, 11) is -2.07. The molecule has 1 amide bonds. The van der Waals surface area contributed by atoms with Gasteiger partial charge in [0.1, 0.15) is 19.0 Å². The highest BCUT2D eigenvalue weighted by molar-refractivity contribution is 7.89. The van der Waals surface area contributed by atoms with Gasteiger partial charge in [-0.2, -0.15) is 4.31 Å². The van der Waals surface area contributed by atoms with Crippen LogP contribution in [0, 0.1) is 11.8 Å². The van der Waals surface area contributed by atoms with Crippen molar-refractivity contribution < 1.29 is 27.4 Å². The van der Waals surface area contributed by atoms with Gasteiger partial charge in [0.2, 0.25) is 15.9 Å². The molecule has 0 aliphatic carbocycles. The largest absolute Gasteiger partial charge is 0.497 e. The van der Waals surface area contributed by atoms with Crippen molar-refractivity contribution in [3.05, 3.63) is 48.0 Å². The van der Waals surface area contributed by atoms with E-state index in [1.807, 2.05) is 18.2 Å². The molecule has 0 aromatic heterocycles. The molecule has 2 aromatic rings. The Bertz CT molecular complexity index is 1110. The van der Waals surface area contributed by atoms with Gasteiger partial charge in [-0.1, -0.05) is 19.9 Å². The van der Waals surface area contributed by atoms with E-state index in [9.17, 15) is 13.2 Å². The third-order valence-electron chi connectivity index (χ3n) is 6.41. The van der Waals surface area contributed by atoms with Crippen molar-refractivity contribution in [3.8, 4) is 17.2 Å². The molecule has 34 heavy (non-hydrogen) atoms. The maximum atomic E-state index is 13.1. The fourth-order valence-corrected chi connectivity index (χ4v) is 5.88. The van der Waals surface area contributed by atoms with Crippen molar-refractivity contribution in [2.24, 2.45) is 11.8 Å². The number of methoxy groups -OCH3 is 1. The molecule has 4 rings (SSSR count). The zero-order chi connectivity index (χ0) is 24.3. The fraction of sp³-hybridized carbons (Fsp3) is 0.480. The van der Waals surface area contributed by atoms with Crippen LogP contribution in [0.4, 0.5) is 0 Å². The molecular formula is C25H32N2O6S. The van der Waals surface area contributed by atoms with E-state index in [1.54, 1.807) is 24.3 Å². The number of fused-ring (bicyclic) bond motifs is 1. The van der Waals surface area contributed by atoms with Crippen LogP contribution in [0.3, 0.4) is 0 Å². The quantitative estimate of drug-likeness (QED) is 0.642. The van der Waals surface area contributed by atoms with E-state index in [-0.39, 0.29) is 28.7 Å². The van der Waals surface area contributed by atoms with Gasteiger partial charge in [-0.3, -0.25) is 4.79 Å². The molecule has 1 N–H and O–H groups in total. The molecule has 0 radical (unpaired) electrons. The molecule has 9 heteroatoms. The summed E-state index contributed by atoms with van der Waals surface area (Å²) in [6, 6.07) is 12.0. The van der Waals surface area contributed by atoms with Crippen LogP contribution in [0.1, 0.15) is 38.3 Å². The Labute approximate surface area is 201 Å². The number of nitrogens with zero attached hydrogens (tertiary/aromatic N) is 1. The number of amides is 1. The van der Waals surface area contributed by atoms with Crippen LogP contribution in [0.2, 0.25) is 0 Å². The van der Waals surface area contributed by atoms with Crippen molar-refractivity contribution in [2.45, 2.75) is 37.6 Å². The van der Waals surface area contributed by atoms with Crippen LogP contribution in [-0.4, -0.2) is 52.0 Å². The second-order valence-electron chi connectivity index (χ2n) is 8.99. The maximum absolute atomic E-state index is 13.1. The first-order valence-corrected chi connectivity index (χ1v) is 13.1. The van der Waals surface area contributed by atoms with Crippen molar-refractivity contribution in [1.82, 2.24) is 9.62 Å². The monoisotopic (exact) mass is 488 g/mol. The number of piperidine rings is 1. The van der Waals surface area contributed by atoms with Crippen LogP contribution < -0.4 is 19.5 Å². The van der Waals surface area contributed by atoms with Gasteiger partial charge in [0, 0.05) is 19.0 Å². The molecule has 0 unspecified atom stereocenters. The summed E-state index contributed by atoms with van der Waals surface area (Å²) in [5.41, 5.74) is 0.965. The van der Waals surface area contributed by atoms with E-state index in [2.05, 4.69) is 19.2 Å². The van der Waals surface area contributed by atoms with E-state index in [0.717, 1.165) is 5.56 Å². The predicted molar refractivity (Wildman–Crippen MR) is 128 cm³/mol. The van der Waals surface area contributed by atoms with Gasteiger partial charge in [-0.15, -0.1) is 0 Å². The highest BCUT2D eigenvalue weighted by Gasteiger charge is 2.33. The lowest BCUT2D eigenvalue weighted by atomic mass is 9.92. The SMILES string of the molecule is COc1ccc(S(=O)(=O)N2CCC(C(=O)N[C@H](c3ccc4c(c3)OCCO4)C(C)C)CC2)cc1. The van der Waals surface area contributed by atoms with Crippen LogP contribution in [-0.2, 0) is 14.8 Å². The molecule has 2 aromatic carbocycles. The van der Waals surface area contributed by atoms with Gasteiger partial charge in [0.15, 0.2) is 11.5 Å². The summed E-state index contributed by atoms with van der Waals surface area (Å²) >= 11 is 0. The van der Waals surface area contributed by atoms with Gasteiger partial charge in [-0.25, -0.2) is 8.42 Å². The summed E-state index contributed by atoms with van der Waals surface area (Å²) in [5.74, 6) is 1.90. The van der Waals surface area contributed by atoms with Gasteiger partial charge in [-0.05, 0) is 60.7 Å². The topological polar surface area (TPSA) is 94.2 Å². The van der Waals surface area contributed by atoms with Crippen molar-refractivity contribution in [1.29, 1.82) is 0 Å². The third kappa shape index (κ3) is 5.15. The fourth-order valence-electron chi connectivity index (χ4n) is 4.41. The second-order valence-corrected chi connectivity index (χ2v) is 10.9. The Kier molecular flexibility index (Phi) is 7.33. The van der Waals surface area contributed by atoms with E-state index in [1.165, 1.54) is 11.4 Å². The van der Waals surface area contributed by atoms with Crippen LogP contribution in [0.25, 0.3) is 0 Å². The van der Waals surface area contributed by atoms with Gasteiger partial charge in [0.05, 0.1) is 18.0 Å². The Morgan fingerprint density at radius 1 is 1.03 bits per heavy atom. The zero-order valence-corrected chi connectivity index (χ0v) is 20.6. The second kappa shape index (κ2) is 10.2. The maximum Gasteiger partial charge on any atom is 0.243 e. The highest BCUT2D eigenvalue weighted by Crippen LogP contribution is 2.35. The standard InChI is InChI=1S/C25H32N2O6S/c1-17(2)24(19-4-9-22-23(16-19)33-15-14-32-22)26-25(28)18-10-12-27(13-11-18)34(29,30)21-7-5-20(31-3)6-8-21/h4-9,16-18,24H,10-15H2,1-3H3,(H,26,28)/t24-/m0/s1. The molecule has 1 saturated heterocycles. The van der Waals surface area contributed by atoms with E-state index in [4.69, 9.17) is 14.2 Å². The minimum atomic E-state index is -3.60. The third-order valence-corrected chi connectivity index (χ3v) is 8.32. The Hall–Kier alpha value is -2.78. The molecule has 0 bridgehead atoms. The first-order valence-electron chi connectivity index (χ1n) is 11.6. The number of hydrogen-bond donors (Lipinski definition) is 1. The van der Waals surface area contributed by atoms with Crippen molar-refractivity contribution in [3.63, 3.8) is 0 Å². The number of benzene rings is 2. The summed E-state index contributed by atoms with van der Waals surface area (Å²) in [5, 5.41) is 3.19. The van der Waals surface area contributed by atoms with Gasteiger partial charge < -0.3 is 19.5 Å². The number of carbonyl (C=O) groups is 1. The summed E-state index contributed by atoms with van der Waals surface area (Å²) < 4.78 is 43.9. The van der Waals surface area contributed by atoms with E-state index < -0.39 is 10.0 Å². The normalized spacial score (nSPS) is 17.9. The number of rotatable bonds is 7. The molecule has 1 atom stereocenters. The van der Waals surface area contributed by atoms with Crippen LogP contribution >= 0.6 is 0 Å². The summed E-state index contributed by atoms with van der Waals surface area (Å²) in [4.78, 5) is 13.4. The molecule has 2 heterocycles. The first kappa shape index (κ1) is 24.3. The van der Waals surface area contributed by atoms with Crippen LogP contribution in [0.15, 0.2) is 47.4 Å². The molecule has 184 valence electrons. The smallest absolute Gasteiger partial charge is 0.243 e. The van der Waals surface area contributed by atoms with Gasteiger partial charge >= 0.3 is 0 Å². The predicted octanol–water partition coefficient (Wildman–Crippen LogP) is 3.38. The number of nitrogens with one attached hydrogen (secondary N) is 1. The summed E-state index contributed by atoms with van der Waals surface area (Å²) in [6.45, 7) is 5.78. The molecule has 0 saturated carbocycles. The first-order chi connectivity index (χ1) is 16.3. The molecule has 2 aliphatic heterocycles. The minimum absolute atomic E-state index is 0.0462. The molecule has 0 spiro atoms. The number of ether oxygens (including phenoxy) is 3. The molecule has 1 fully saturated rings. The zero-order valence-electron chi connectivity index (χ0n) is 19.8. The summed E-state index contributed by atoms with van der Waals surface area (Å²) in [6.07, 6.45) is 0.959. The minimum Gasteiger partial charge on any atom is -0.497 e. The lowest BCUT2D eigenvalue weighted by molar-refractivity contribution is -0.127. The van der Waals surface area contributed by atoms with Crippen molar-refractivity contribution >= 4 is 15.9 Å². The average Bonchev–Trinajstić information content (AvgIpc) is 2.86. The van der Waals surface area contributed by atoms with E-state index >= 15 is 0 Å². The van der Waals surface area contributed by atoms with Gasteiger partial charge in [0.25, 0.3) is 0 Å². The highest BCUT2D eigenvalue weighted by atomic mass is 32.2. The number of sulfonamides is 1. The lowest BCUT2D eigenvalue weighted by Crippen LogP contribution is -2.44. The molecule has 2 aliphatic rings. The Balaban J connectivity index is 1.39. The number of carbonyl (C=O) groups excluding carboxylic acids is 1. The average molecular weight is 489 g/mol. The molecule has 8 nitrogen and oxygen atoms in total. The Morgan fingerprint density at radius 3 is 2.29 bits per heavy atom. The number of hydrogen-bond acceptors (Lipinski definition) is 6. The van der Waals surface area contributed by atoms with E-state index in [0.29, 0.717) is 56.4 Å². The van der Waals surface area contributed by atoms with Crippen molar-refractivity contribution in [2.75, 3.05) is 33.4 Å². The molecular weight excluding hydrogens is 456 g/mol. The lowest BCUT2D eigenvalue weighted by Gasteiger charge is -2.32. The van der Waals surface area contributed by atoms with Crippen LogP contribution in [0.5, 0.6) is 17.2 Å². The Morgan fingerprint density at radius 2 is 1.68 bits per heavy atom.